The number of carbonyl (C=O) groups is 4. The Balaban J connectivity index is 0.885. The normalized spacial score (nSPS) is 17.8. The smallest absolute Gasteiger partial charge is 0.419 e. The number of rotatable bonds is 12. The van der Waals surface area contributed by atoms with E-state index in [0.717, 1.165) is 87.2 Å². The maximum Gasteiger partial charge on any atom is 0.419 e. The van der Waals surface area contributed by atoms with Crippen molar-refractivity contribution in [2.24, 2.45) is 0 Å². The van der Waals surface area contributed by atoms with Crippen LogP contribution in [-0.4, -0.2) is 114 Å². The SMILES string of the molecule is CNC(=O)c1ccccc1Nc1cc(Nc2cc(C)c(N3CCN(C4CCN(Cc5ccc6c(c5)CN(N5CCC(=O)NC5=O)C6=O)CC4)CC3)cc2OC(C)C)ncc1C(F)(F)F. The molecule has 0 atom stereocenters. The number of ether oxygens (including phenoxy) is 1. The van der Waals surface area contributed by atoms with Gasteiger partial charge in [-0.05, 0) is 87.7 Å². The first-order valence-electron chi connectivity index (χ1n) is 21.6. The lowest BCUT2D eigenvalue weighted by Crippen LogP contribution is -2.56. The van der Waals surface area contributed by atoms with E-state index in [4.69, 9.17) is 4.74 Å². The van der Waals surface area contributed by atoms with Crippen LogP contribution in [0.5, 0.6) is 5.75 Å². The number of aromatic nitrogens is 1. The van der Waals surface area contributed by atoms with Gasteiger partial charge in [-0.1, -0.05) is 24.3 Å². The number of para-hydroxylation sites is 1. The Bertz CT molecular complexity index is 2430. The molecule has 0 radical (unpaired) electrons. The molecule has 3 fully saturated rings. The highest BCUT2D eigenvalue weighted by atomic mass is 19.4. The molecule has 0 saturated carbocycles. The summed E-state index contributed by atoms with van der Waals surface area (Å²) < 4.78 is 48.9. The zero-order valence-corrected chi connectivity index (χ0v) is 36.3. The minimum atomic E-state index is -4.71. The number of anilines is 5. The number of benzene rings is 3. The van der Waals surface area contributed by atoms with Crippen molar-refractivity contribution in [2.45, 2.75) is 71.4 Å². The van der Waals surface area contributed by atoms with Crippen molar-refractivity contribution in [3.63, 3.8) is 0 Å². The van der Waals surface area contributed by atoms with E-state index in [0.29, 0.717) is 29.6 Å². The summed E-state index contributed by atoms with van der Waals surface area (Å²) in [6.07, 6.45) is -1.87. The number of amides is 5. The highest BCUT2D eigenvalue weighted by Gasteiger charge is 2.38. The number of likely N-dealkylation sites (tertiary alicyclic amines) is 1. The Morgan fingerprint density at radius 2 is 1.64 bits per heavy atom. The first-order valence-corrected chi connectivity index (χ1v) is 21.6. The number of piperazine rings is 1. The Morgan fingerprint density at radius 3 is 2.34 bits per heavy atom. The number of nitrogens with one attached hydrogen (secondary N) is 4. The summed E-state index contributed by atoms with van der Waals surface area (Å²) in [5.41, 5.74) is 4.32. The summed E-state index contributed by atoms with van der Waals surface area (Å²) in [7, 11) is 1.46. The highest BCUT2D eigenvalue weighted by Crippen LogP contribution is 2.40. The van der Waals surface area contributed by atoms with Gasteiger partial charge in [-0.2, -0.15) is 13.2 Å². The molecule has 0 aliphatic carbocycles. The van der Waals surface area contributed by atoms with Crippen molar-refractivity contribution in [2.75, 3.05) is 68.4 Å². The largest absolute Gasteiger partial charge is 0.489 e. The number of urea groups is 1. The van der Waals surface area contributed by atoms with Crippen LogP contribution in [-0.2, 0) is 24.1 Å². The van der Waals surface area contributed by atoms with Gasteiger partial charge in [0.1, 0.15) is 11.6 Å². The molecular formula is C46H53F3N10O5. The molecule has 64 heavy (non-hydrogen) atoms. The van der Waals surface area contributed by atoms with Crippen LogP contribution < -0.4 is 30.9 Å². The fourth-order valence-electron chi connectivity index (χ4n) is 8.99. The zero-order valence-electron chi connectivity index (χ0n) is 36.3. The molecule has 5 amide bonds. The minimum absolute atomic E-state index is 0.155. The van der Waals surface area contributed by atoms with Crippen molar-refractivity contribution in [3.8, 4) is 5.75 Å². The maximum atomic E-state index is 14.2. The van der Waals surface area contributed by atoms with E-state index in [2.05, 4.69) is 47.0 Å². The van der Waals surface area contributed by atoms with Crippen molar-refractivity contribution in [1.29, 1.82) is 0 Å². The van der Waals surface area contributed by atoms with Crippen LogP contribution in [0.4, 0.5) is 46.5 Å². The number of hydrogen-bond donors (Lipinski definition) is 4. The van der Waals surface area contributed by atoms with Gasteiger partial charge < -0.3 is 25.6 Å². The summed E-state index contributed by atoms with van der Waals surface area (Å²) in [5, 5.41) is 13.6. The van der Waals surface area contributed by atoms with Gasteiger partial charge in [0.25, 0.3) is 11.8 Å². The molecule has 1 aromatic heterocycles. The Labute approximate surface area is 369 Å². The number of halogens is 3. The molecule has 18 heteroatoms. The van der Waals surface area contributed by atoms with Gasteiger partial charge in [0.05, 0.1) is 47.4 Å². The summed E-state index contributed by atoms with van der Waals surface area (Å²) in [4.78, 5) is 61.2. The molecule has 3 aromatic carbocycles. The molecule has 338 valence electrons. The second-order valence-corrected chi connectivity index (χ2v) is 16.9. The van der Waals surface area contributed by atoms with Gasteiger partial charge in [-0.25, -0.2) is 19.8 Å². The zero-order chi connectivity index (χ0) is 45.3. The Hall–Kier alpha value is -6.40. The first-order chi connectivity index (χ1) is 30.6. The highest BCUT2D eigenvalue weighted by molar-refractivity contribution is 6.02. The fourth-order valence-corrected chi connectivity index (χ4v) is 8.99. The number of hydrogen-bond acceptors (Lipinski definition) is 11. The molecule has 8 rings (SSSR count). The van der Waals surface area contributed by atoms with Crippen LogP contribution in [0.25, 0.3) is 0 Å². The molecular weight excluding hydrogens is 830 g/mol. The lowest BCUT2D eigenvalue weighted by Gasteiger charge is -2.43. The predicted molar refractivity (Wildman–Crippen MR) is 236 cm³/mol. The van der Waals surface area contributed by atoms with E-state index in [-0.39, 0.29) is 53.6 Å². The van der Waals surface area contributed by atoms with Gasteiger partial charge in [0.15, 0.2) is 0 Å². The molecule has 4 aliphatic rings. The van der Waals surface area contributed by atoms with E-state index < -0.39 is 23.7 Å². The maximum absolute atomic E-state index is 14.2. The second-order valence-electron chi connectivity index (χ2n) is 16.9. The van der Waals surface area contributed by atoms with E-state index in [9.17, 15) is 32.3 Å². The van der Waals surface area contributed by atoms with Gasteiger partial charge in [0, 0.05) is 81.8 Å². The van der Waals surface area contributed by atoms with Crippen molar-refractivity contribution in [1.82, 2.24) is 35.4 Å². The number of piperidine rings is 1. The van der Waals surface area contributed by atoms with E-state index in [1.165, 1.54) is 29.2 Å². The number of alkyl halides is 3. The minimum Gasteiger partial charge on any atom is -0.489 e. The van der Waals surface area contributed by atoms with Crippen LogP contribution >= 0.6 is 0 Å². The number of pyridine rings is 1. The number of imide groups is 1. The lowest BCUT2D eigenvalue weighted by molar-refractivity contribution is -0.137. The standard InChI is InChI=1S/C46H53F3N10O5/c1-28(2)64-40-24-39(29(3)21-38(40)53-41-23-37(35(25-51-41)46(47,48)49)52-36-8-6-5-7-34(36)43(61)50-4)57-19-17-56(18-20-57)32-11-14-55(15-12-32)26-30-9-10-33-31(22-30)27-59(44(33)62)58-16-13-42(60)54-45(58)63/h5-10,21-25,28,32H,11-20,26-27H2,1-4H3,(H,50,61)(H2,51,52,53)(H,54,60,63). The molecule has 4 N–H and O–H groups in total. The molecule has 0 unspecified atom stereocenters. The topological polar surface area (TPSA) is 155 Å². The number of nitrogens with zero attached hydrogens (tertiary/aromatic N) is 6. The summed E-state index contributed by atoms with van der Waals surface area (Å²) in [5.74, 6) is -0.305. The lowest BCUT2D eigenvalue weighted by atomic mass is 10.0. The van der Waals surface area contributed by atoms with E-state index >= 15 is 0 Å². The quantitative estimate of drug-likeness (QED) is 0.121. The van der Waals surface area contributed by atoms with Crippen LogP contribution in [0.3, 0.4) is 0 Å². The van der Waals surface area contributed by atoms with Gasteiger partial charge in [-0.15, -0.1) is 0 Å². The number of carbonyl (C=O) groups excluding carboxylic acids is 4. The first kappa shape index (κ1) is 44.2. The molecule has 3 saturated heterocycles. The molecule has 15 nitrogen and oxygen atoms in total. The summed E-state index contributed by atoms with van der Waals surface area (Å²) in [6.45, 7) is 12.4. The summed E-state index contributed by atoms with van der Waals surface area (Å²) in [6, 6.07) is 17.4. The van der Waals surface area contributed by atoms with Crippen LogP contribution in [0.2, 0.25) is 0 Å². The van der Waals surface area contributed by atoms with Gasteiger partial charge in [-0.3, -0.25) is 29.5 Å². The molecule has 4 aromatic rings. The third kappa shape index (κ3) is 9.57. The predicted octanol–water partition coefficient (Wildman–Crippen LogP) is 6.64. The van der Waals surface area contributed by atoms with Crippen LogP contribution in [0.15, 0.2) is 66.9 Å². The summed E-state index contributed by atoms with van der Waals surface area (Å²) >= 11 is 0. The third-order valence-electron chi connectivity index (χ3n) is 12.2. The molecule has 0 spiro atoms. The monoisotopic (exact) mass is 882 g/mol. The molecule has 0 bridgehead atoms. The fraction of sp³-hybridized carbons (Fsp3) is 0.413. The number of aryl methyl sites for hydroxylation is 1. The number of fused-ring (bicyclic) bond motifs is 1. The average molecular weight is 883 g/mol. The Kier molecular flexibility index (Phi) is 12.7. The van der Waals surface area contributed by atoms with Crippen LogP contribution in [0, 0.1) is 6.92 Å². The van der Waals surface area contributed by atoms with Crippen LogP contribution in [0.1, 0.15) is 76.1 Å². The van der Waals surface area contributed by atoms with E-state index in [1.54, 1.807) is 18.2 Å². The molecule has 4 aliphatic heterocycles. The Morgan fingerprint density at radius 1 is 0.891 bits per heavy atom. The van der Waals surface area contributed by atoms with Crippen molar-refractivity contribution < 1.29 is 37.1 Å². The second kappa shape index (κ2) is 18.4. The van der Waals surface area contributed by atoms with Crippen molar-refractivity contribution in [3.05, 3.63) is 100 Å². The number of hydrazine groups is 1. The molecule has 5 heterocycles. The van der Waals surface area contributed by atoms with E-state index in [1.807, 2.05) is 45.0 Å². The average Bonchev–Trinajstić information content (AvgIpc) is 3.58. The third-order valence-corrected chi connectivity index (χ3v) is 12.2. The van der Waals surface area contributed by atoms with Gasteiger partial charge in [0.2, 0.25) is 5.91 Å². The van der Waals surface area contributed by atoms with Crippen molar-refractivity contribution >= 4 is 52.3 Å². The van der Waals surface area contributed by atoms with Gasteiger partial charge >= 0.3 is 12.2 Å².